The van der Waals surface area contributed by atoms with Gasteiger partial charge in [-0.2, -0.15) is 0 Å². The lowest BCUT2D eigenvalue weighted by molar-refractivity contribution is 0.201. The van der Waals surface area contributed by atoms with E-state index in [0.717, 1.165) is 19.6 Å². The summed E-state index contributed by atoms with van der Waals surface area (Å²) in [6.45, 7) is 5.66. The molecule has 6 nitrogen and oxygen atoms in total. The average molecular weight is 356 g/mol. The Labute approximate surface area is 145 Å². The number of hydrogen-bond donors (Lipinski definition) is 1. The van der Waals surface area contributed by atoms with Crippen LogP contribution in [0.2, 0.25) is 0 Å². The minimum absolute atomic E-state index is 0.185. The molecule has 24 heavy (non-hydrogen) atoms. The molecule has 1 unspecified atom stereocenters. The summed E-state index contributed by atoms with van der Waals surface area (Å²) >= 11 is 0. The van der Waals surface area contributed by atoms with E-state index in [0.29, 0.717) is 18.0 Å². The van der Waals surface area contributed by atoms with Crippen molar-refractivity contribution in [2.45, 2.75) is 31.1 Å². The molecule has 7 heteroatoms. The van der Waals surface area contributed by atoms with E-state index in [9.17, 15) is 8.42 Å². The second kappa shape index (κ2) is 8.69. The van der Waals surface area contributed by atoms with Crippen molar-refractivity contribution >= 4 is 10.0 Å². The molecule has 0 aliphatic carbocycles. The van der Waals surface area contributed by atoms with Crippen molar-refractivity contribution in [2.24, 2.45) is 5.92 Å². The first kappa shape index (κ1) is 19.0. The lowest BCUT2D eigenvalue weighted by Crippen LogP contribution is -2.38. The smallest absolute Gasteiger partial charge is 0.240 e. The van der Waals surface area contributed by atoms with Crippen LogP contribution in [0.15, 0.2) is 23.1 Å². The Hall–Kier alpha value is -1.31. The predicted molar refractivity (Wildman–Crippen MR) is 94.2 cm³/mol. The summed E-state index contributed by atoms with van der Waals surface area (Å²) < 4.78 is 38.0. The zero-order valence-electron chi connectivity index (χ0n) is 14.7. The van der Waals surface area contributed by atoms with Gasteiger partial charge in [0.15, 0.2) is 11.5 Å². The van der Waals surface area contributed by atoms with Gasteiger partial charge in [0.25, 0.3) is 0 Å². The fraction of sp³-hybridized carbons (Fsp3) is 0.647. The number of hydrogen-bond acceptors (Lipinski definition) is 5. The average Bonchev–Trinajstić information content (AvgIpc) is 2.60. The first-order chi connectivity index (χ1) is 11.5. The summed E-state index contributed by atoms with van der Waals surface area (Å²) in [6, 6.07) is 4.61. The van der Waals surface area contributed by atoms with E-state index in [1.54, 1.807) is 6.07 Å². The van der Waals surface area contributed by atoms with Crippen LogP contribution in [-0.2, 0) is 10.0 Å². The molecular formula is C17H28N2O4S. The SMILES string of the molecule is COc1ccc(S(=O)(=O)NCC(C)CN2CCCCC2)cc1OC. The van der Waals surface area contributed by atoms with Gasteiger partial charge < -0.3 is 14.4 Å². The molecule has 0 aromatic heterocycles. The largest absolute Gasteiger partial charge is 0.493 e. The second-order valence-corrected chi connectivity index (χ2v) is 8.10. The molecule has 1 aromatic carbocycles. The van der Waals surface area contributed by atoms with E-state index >= 15 is 0 Å². The highest BCUT2D eigenvalue weighted by atomic mass is 32.2. The normalized spacial score (nSPS) is 17.5. The molecule has 1 atom stereocenters. The van der Waals surface area contributed by atoms with E-state index in [1.165, 1.54) is 45.6 Å². The van der Waals surface area contributed by atoms with Gasteiger partial charge in [0, 0.05) is 19.2 Å². The first-order valence-electron chi connectivity index (χ1n) is 8.40. The van der Waals surface area contributed by atoms with Crippen molar-refractivity contribution in [1.29, 1.82) is 0 Å². The highest BCUT2D eigenvalue weighted by Crippen LogP contribution is 2.29. The Morgan fingerprint density at radius 3 is 2.42 bits per heavy atom. The molecule has 1 N–H and O–H groups in total. The van der Waals surface area contributed by atoms with Crippen molar-refractivity contribution in [2.75, 3.05) is 40.4 Å². The molecule has 0 radical (unpaired) electrons. The van der Waals surface area contributed by atoms with E-state index in [-0.39, 0.29) is 10.8 Å². The molecule has 1 saturated heterocycles. The Morgan fingerprint density at radius 2 is 1.79 bits per heavy atom. The van der Waals surface area contributed by atoms with Crippen LogP contribution in [0.25, 0.3) is 0 Å². The maximum absolute atomic E-state index is 12.5. The fourth-order valence-electron chi connectivity index (χ4n) is 2.97. The third-order valence-corrected chi connectivity index (χ3v) is 5.73. The number of nitrogens with zero attached hydrogens (tertiary/aromatic N) is 1. The predicted octanol–water partition coefficient (Wildman–Crippen LogP) is 2.10. The van der Waals surface area contributed by atoms with Gasteiger partial charge in [-0.1, -0.05) is 13.3 Å². The van der Waals surface area contributed by atoms with Gasteiger partial charge in [0.1, 0.15) is 0 Å². The highest BCUT2D eigenvalue weighted by Gasteiger charge is 2.19. The molecule has 0 amide bonds. The number of likely N-dealkylation sites (tertiary alicyclic amines) is 1. The molecule has 0 spiro atoms. The Bertz CT molecular complexity index is 627. The zero-order valence-corrected chi connectivity index (χ0v) is 15.6. The minimum atomic E-state index is -3.56. The quantitative estimate of drug-likeness (QED) is 0.773. The van der Waals surface area contributed by atoms with E-state index in [2.05, 4.69) is 16.5 Å². The van der Waals surface area contributed by atoms with Crippen molar-refractivity contribution in [3.05, 3.63) is 18.2 Å². The van der Waals surface area contributed by atoms with Gasteiger partial charge >= 0.3 is 0 Å². The summed E-state index contributed by atoms with van der Waals surface area (Å²) in [5, 5.41) is 0. The number of methoxy groups -OCH3 is 2. The zero-order chi connectivity index (χ0) is 17.6. The van der Waals surface area contributed by atoms with Gasteiger partial charge in [-0.3, -0.25) is 0 Å². The monoisotopic (exact) mass is 356 g/mol. The number of ether oxygens (including phenoxy) is 2. The molecule has 1 aliphatic rings. The number of benzene rings is 1. The molecule has 1 aromatic rings. The first-order valence-corrected chi connectivity index (χ1v) is 9.88. The maximum atomic E-state index is 12.5. The topological polar surface area (TPSA) is 67.9 Å². The number of piperidine rings is 1. The van der Waals surface area contributed by atoms with Gasteiger partial charge in [-0.25, -0.2) is 13.1 Å². The van der Waals surface area contributed by atoms with E-state index in [4.69, 9.17) is 9.47 Å². The Kier molecular flexibility index (Phi) is 6.89. The van der Waals surface area contributed by atoms with Crippen LogP contribution in [0, 0.1) is 5.92 Å². The molecule has 1 fully saturated rings. The number of rotatable bonds is 8. The van der Waals surface area contributed by atoms with Crippen LogP contribution in [0.1, 0.15) is 26.2 Å². The van der Waals surface area contributed by atoms with Crippen molar-refractivity contribution in [3.63, 3.8) is 0 Å². The summed E-state index contributed by atoms with van der Waals surface area (Å²) in [7, 11) is -0.549. The highest BCUT2D eigenvalue weighted by molar-refractivity contribution is 7.89. The molecule has 2 rings (SSSR count). The molecule has 1 aliphatic heterocycles. The van der Waals surface area contributed by atoms with Gasteiger partial charge in [0.05, 0.1) is 19.1 Å². The summed E-state index contributed by atoms with van der Waals surface area (Å²) in [5.74, 6) is 1.18. The summed E-state index contributed by atoms with van der Waals surface area (Å²) in [4.78, 5) is 2.60. The fourth-order valence-corrected chi connectivity index (χ4v) is 4.15. The molecule has 0 saturated carbocycles. The molecular weight excluding hydrogens is 328 g/mol. The number of nitrogens with one attached hydrogen (secondary N) is 1. The summed E-state index contributed by atoms with van der Waals surface area (Å²) in [6.07, 6.45) is 3.78. The second-order valence-electron chi connectivity index (χ2n) is 6.34. The van der Waals surface area contributed by atoms with Gasteiger partial charge in [-0.05, 0) is 44.0 Å². The van der Waals surface area contributed by atoms with Crippen molar-refractivity contribution < 1.29 is 17.9 Å². The Morgan fingerprint density at radius 1 is 1.12 bits per heavy atom. The van der Waals surface area contributed by atoms with Crippen molar-refractivity contribution in [3.8, 4) is 11.5 Å². The van der Waals surface area contributed by atoms with Crippen LogP contribution in [0.4, 0.5) is 0 Å². The van der Waals surface area contributed by atoms with Crippen LogP contribution >= 0.6 is 0 Å². The van der Waals surface area contributed by atoms with Gasteiger partial charge in [0.2, 0.25) is 10.0 Å². The van der Waals surface area contributed by atoms with Crippen molar-refractivity contribution in [1.82, 2.24) is 9.62 Å². The van der Waals surface area contributed by atoms with Crippen LogP contribution in [-0.4, -0.2) is 53.7 Å². The lowest BCUT2D eigenvalue weighted by atomic mass is 10.1. The standard InChI is InChI=1S/C17H28N2O4S/c1-14(13-19-9-5-4-6-10-19)12-18-24(20,21)15-7-8-16(22-2)17(11-15)23-3/h7-8,11,14,18H,4-6,9-10,12-13H2,1-3H3. The van der Waals surface area contributed by atoms with Crippen LogP contribution in [0.5, 0.6) is 11.5 Å². The molecule has 1 heterocycles. The van der Waals surface area contributed by atoms with E-state index < -0.39 is 10.0 Å². The van der Waals surface area contributed by atoms with Gasteiger partial charge in [-0.15, -0.1) is 0 Å². The Balaban J connectivity index is 1.95. The molecule has 136 valence electrons. The maximum Gasteiger partial charge on any atom is 0.240 e. The minimum Gasteiger partial charge on any atom is -0.493 e. The summed E-state index contributed by atoms with van der Waals surface area (Å²) in [5.41, 5.74) is 0. The number of sulfonamides is 1. The van der Waals surface area contributed by atoms with Crippen LogP contribution in [0.3, 0.4) is 0 Å². The third kappa shape index (κ3) is 5.09. The van der Waals surface area contributed by atoms with E-state index in [1.807, 2.05) is 0 Å². The van der Waals surface area contributed by atoms with Crippen LogP contribution < -0.4 is 14.2 Å². The third-order valence-electron chi connectivity index (χ3n) is 4.31. The lowest BCUT2D eigenvalue weighted by Gasteiger charge is -2.29. The molecule has 0 bridgehead atoms.